The Labute approximate surface area is 190 Å². The van der Waals surface area contributed by atoms with Crippen molar-refractivity contribution in [2.24, 2.45) is 0 Å². The Morgan fingerprint density at radius 3 is 2.31 bits per heavy atom. The third-order valence-corrected chi connectivity index (χ3v) is 6.12. The van der Waals surface area contributed by atoms with E-state index in [0.29, 0.717) is 18.7 Å². The molecule has 4 rings (SSSR count). The molecule has 2 fully saturated rings. The van der Waals surface area contributed by atoms with Gasteiger partial charge in [-0.05, 0) is 23.3 Å². The topological polar surface area (TPSA) is 71.8 Å². The predicted molar refractivity (Wildman–Crippen MR) is 123 cm³/mol. The molecule has 32 heavy (non-hydrogen) atoms. The first-order valence-electron chi connectivity index (χ1n) is 11.2. The number of carbonyl (C=O) groups excluding carboxylic acids is 1. The van der Waals surface area contributed by atoms with Gasteiger partial charge in [0.1, 0.15) is 0 Å². The molecule has 2 unspecified atom stereocenters. The number of benzene rings is 2. The highest BCUT2D eigenvalue weighted by Crippen LogP contribution is 2.21. The maximum atomic E-state index is 12.4. The molecule has 2 saturated heterocycles. The van der Waals surface area contributed by atoms with E-state index < -0.39 is 0 Å². The lowest BCUT2D eigenvalue weighted by molar-refractivity contribution is -0.140. The van der Waals surface area contributed by atoms with Gasteiger partial charge in [-0.1, -0.05) is 42.5 Å². The van der Waals surface area contributed by atoms with Gasteiger partial charge in [-0.15, -0.1) is 0 Å². The Kier molecular flexibility index (Phi) is 7.38. The first-order chi connectivity index (χ1) is 15.6. The fourth-order valence-corrected chi connectivity index (χ4v) is 4.59. The quantitative estimate of drug-likeness (QED) is 0.725. The van der Waals surface area contributed by atoms with Crippen molar-refractivity contribution in [3.8, 4) is 6.07 Å². The number of morpholine rings is 2. The molecule has 2 aromatic carbocycles. The van der Waals surface area contributed by atoms with E-state index in [-0.39, 0.29) is 18.2 Å². The molecule has 1 N–H and O–H groups in total. The zero-order chi connectivity index (χ0) is 22.3. The van der Waals surface area contributed by atoms with Crippen LogP contribution < -0.4 is 5.32 Å². The Bertz CT molecular complexity index is 914. The molecule has 0 spiro atoms. The molecule has 2 aliphatic heterocycles. The second kappa shape index (κ2) is 10.6. The van der Waals surface area contributed by atoms with Crippen LogP contribution in [0.25, 0.3) is 0 Å². The molecule has 2 aromatic rings. The number of nitrogens with zero attached hydrogens (tertiary/aromatic N) is 4. The number of fused-ring (bicyclic) bond motifs is 2. The van der Waals surface area contributed by atoms with E-state index >= 15 is 0 Å². The van der Waals surface area contributed by atoms with Crippen molar-refractivity contribution in [3.63, 3.8) is 0 Å². The first kappa shape index (κ1) is 22.3. The van der Waals surface area contributed by atoms with Crippen molar-refractivity contribution in [1.82, 2.24) is 20.0 Å². The van der Waals surface area contributed by atoms with Crippen LogP contribution in [0.5, 0.6) is 0 Å². The van der Waals surface area contributed by atoms with Gasteiger partial charge in [0.2, 0.25) is 0 Å². The van der Waals surface area contributed by atoms with Crippen LogP contribution in [0.2, 0.25) is 0 Å². The summed E-state index contributed by atoms with van der Waals surface area (Å²) in [5.41, 5.74) is 3.05. The van der Waals surface area contributed by atoms with Crippen LogP contribution in [0, 0.1) is 11.3 Å². The Balaban J connectivity index is 1.29. The predicted octanol–water partition coefficient (Wildman–Crippen LogP) is 2.28. The lowest BCUT2D eigenvalue weighted by Gasteiger charge is -2.46. The van der Waals surface area contributed by atoms with Gasteiger partial charge >= 0.3 is 6.03 Å². The van der Waals surface area contributed by atoms with E-state index in [1.807, 2.05) is 47.4 Å². The van der Waals surface area contributed by atoms with E-state index in [1.54, 1.807) is 7.05 Å². The van der Waals surface area contributed by atoms with Crippen LogP contribution in [0.1, 0.15) is 16.7 Å². The third-order valence-electron chi connectivity index (χ3n) is 6.12. The Hall–Kier alpha value is -2.92. The second-order valence-electron chi connectivity index (χ2n) is 8.60. The molecular formula is C25H31N5O2. The summed E-state index contributed by atoms with van der Waals surface area (Å²) in [6.07, 6.45) is 0.368. The largest absolute Gasteiger partial charge is 0.370 e. The van der Waals surface area contributed by atoms with Crippen LogP contribution in [-0.4, -0.2) is 79.3 Å². The fraction of sp³-hybridized carbons (Fsp3) is 0.440. The SMILES string of the molecule is CNC(=O)N(CCN1CC2CN(Cc3ccc(C#N)cc3)CC(C1)O2)Cc1ccccc1. The number of hydrogen-bond acceptors (Lipinski definition) is 5. The van der Waals surface area contributed by atoms with Crippen LogP contribution in [0.15, 0.2) is 54.6 Å². The molecule has 0 aromatic heterocycles. The number of hydrogen-bond donors (Lipinski definition) is 1. The van der Waals surface area contributed by atoms with Crippen LogP contribution in [-0.2, 0) is 17.8 Å². The van der Waals surface area contributed by atoms with E-state index in [0.717, 1.165) is 44.8 Å². The minimum absolute atomic E-state index is 0.0455. The van der Waals surface area contributed by atoms with Crippen LogP contribution >= 0.6 is 0 Å². The maximum Gasteiger partial charge on any atom is 0.317 e. The van der Waals surface area contributed by atoms with Gasteiger partial charge in [-0.25, -0.2) is 4.79 Å². The third kappa shape index (κ3) is 5.86. The number of nitriles is 1. The number of ether oxygens (including phenoxy) is 1. The molecule has 7 nitrogen and oxygen atoms in total. The van der Waals surface area contributed by atoms with E-state index in [4.69, 9.17) is 10.00 Å². The lowest BCUT2D eigenvalue weighted by atomic mass is 10.1. The van der Waals surface area contributed by atoms with Crippen molar-refractivity contribution in [3.05, 3.63) is 71.3 Å². The molecule has 168 valence electrons. The monoisotopic (exact) mass is 433 g/mol. The average Bonchev–Trinajstić information content (AvgIpc) is 2.82. The van der Waals surface area contributed by atoms with Gasteiger partial charge in [-0.2, -0.15) is 5.26 Å². The van der Waals surface area contributed by atoms with Gasteiger partial charge in [0, 0.05) is 59.4 Å². The Morgan fingerprint density at radius 1 is 1.03 bits per heavy atom. The van der Waals surface area contributed by atoms with Crippen LogP contribution in [0.3, 0.4) is 0 Å². The summed E-state index contributed by atoms with van der Waals surface area (Å²) in [5.74, 6) is 0. The minimum Gasteiger partial charge on any atom is -0.370 e. The number of carbonyl (C=O) groups is 1. The molecule has 2 bridgehead atoms. The highest BCUT2D eigenvalue weighted by molar-refractivity contribution is 5.73. The normalized spacial score (nSPS) is 21.0. The van der Waals surface area contributed by atoms with Gasteiger partial charge in [0.15, 0.2) is 0 Å². The van der Waals surface area contributed by atoms with E-state index in [2.05, 4.69) is 33.3 Å². The molecule has 0 saturated carbocycles. The summed E-state index contributed by atoms with van der Waals surface area (Å²) in [6.45, 7) is 6.57. The summed E-state index contributed by atoms with van der Waals surface area (Å²) in [4.78, 5) is 19.1. The zero-order valence-corrected chi connectivity index (χ0v) is 18.6. The molecular weight excluding hydrogens is 402 g/mol. The molecule has 0 radical (unpaired) electrons. The fourth-order valence-electron chi connectivity index (χ4n) is 4.59. The van der Waals surface area contributed by atoms with Crippen molar-refractivity contribution in [1.29, 1.82) is 5.26 Å². The average molecular weight is 434 g/mol. The van der Waals surface area contributed by atoms with E-state index in [9.17, 15) is 4.79 Å². The van der Waals surface area contributed by atoms with Gasteiger partial charge in [0.05, 0.1) is 23.8 Å². The summed E-state index contributed by atoms with van der Waals surface area (Å²) in [6, 6.07) is 20.1. The van der Waals surface area contributed by atoms with Crippen molar-refractivity contribution in [2.75, 3.05) is 46.3 Å². The van der Waals surface area contributed by atoms with Gasteiger partial charge in [0.25, 0.3) is 0 Å². The van der Waals surface area contributed by atoms with E-state index in [1.165, 1.54) is 5.56 Å². The van der Waals surface area contributed by atoms with Gasteiger partial charge < -0.3 is 15.0 Å². The van der Waals surface area contributed by atoms with Crippen molar-refractivity contribution < 1.29 is 9.53 Å². The zero-order valence-electron chi connectivity index (χ0n) is 18.6. The minimum atomic E-state index is -0.0455. The molecule has 0 aliphatic carbocycles. The molecule has 2 amide bonds. The van der Waals surface area contributed by atoms with Crippen LogP contribution in [0.4, 0.5) is 4.79 Å². The molecule has 2 heterocycles. The molecule has 7 heteroatoms. The number of urea groups is 1. The van der Waals surface area contributed by atoms with Crippen molar-refractivity contribution >= 4 is 6.03 Å². The summed E-state index contributed by atoms with van der Waals surface area (Å²) in [7, 11) is 1.68. The second-order valence-corrected chi connectivity index (χ2v) is 8.60. The highest BCUT2D eigenvalue weighted by Gasteiger charge is 2.34. The molecule has 2 atom stereocenters. The van der Waals surface area contributed by atoms with Gasteiger partial charge in [-0.3, -0.25) is 9.80 Å². The highest BCUT2D eigenvalue weighted by atomic mass is 16.5. The number of nitrogens with one attached hydrogen (secondary N) is 1. The molecule has 2 aliphatic rings. The lowest BCUT2D eigenvalue weighted by Crippen LogP contribution is -2.60. The Morgan fingerprint density at radius 2 is 1.69 bits per heavy atom. The summed E-state index contributed by atoms with van der Waals surface area (Å²) >= 11 is 0. The smallest absolute Gasteiger partial charge is 0.317 e. The summed E-state index contributed by atoms with van der Waals surface area (Å²) in [5, 5.41) is 11.7. The van der Waals surface area contributed by atoms with Crippen molar-refractivity contribution in [2.45, 2.75) is 25.3 Å². The first-order valence-corrected chi connectivity index (χ1v) is 11.2. The number of amides is 2. The standard InChI is InChI=1S/C25H31N5O2/c1-27-25(31)30(15-21-5-3-2-4-6-21)12-11-28-16-23-18-29(19-24(17-28)32-23)14-22-9-7-20(13-26)8-10-22/h2-10,23-24H,11-12,14-19H2,1H3,(H,27,31). The maximum absolute atomic E-state index is 12.4. The summed E-state index contributed by atoms with van der Waals surface area (Å²) < 4.78 is 6.21. The number of rotatable bonds is 7.